The lowest BCUT2D eigenvalue weighted by atomic mass is 10.0. The van der Waals surface area contributed by atoms with Crippen LogP contribution in [0.4, 0.5) is 0 Å². The molecule has 0 spiro atoms. The molecular weight excluding hydrogens is 264 g/mol. The zero-order valence-corrected chi connectivity index (χ0v) is 13.5. The van der Waals surface area contributed by atoms with Crippen molar-refractivity contribution in [1.29, 1.82) is 0 Å². The van der Waals surface area contributed by atoms with Crippen LogP contribution in [0.5, 0.6) is 0 Å². The summed E-state index contributed by atoms with van der Waals surface area (Å²) < 4.78 is 16.7. The maximum Gasteiger partial charge on any atom is 0.221 e. The van der Waals surface area contributed by atoms with Gasteiger partial charge in [-0.1, -0.05) is 19.8 Å². The van der Waals surface area contributed by atoms with Gasteiger partial charge in [-0.3, -0.25) is 0 Å². The van der Waals surface area contributed by atoms with Crippen molar-refractivity contribution in [2.75, 3.05) is 13.7 Å². The van der Waals surface area contributed by atoms with Crippen LogP contribution in [0.15, 0.2) is 0 Å². The summed E-state index contributed by atoms with van der Waals surface area (Å²) in [7, 11) is 1.54. The molecule has 0 bridgehead atoms. The minimum atomic E-state index is -1.50. The van der Waals surface area contributed by atoms with Crippen LogP contribution in [0.25, 0.3) is 0 Å². The Morgan fingerprint density at radius 2 is 1.75 bits per heavy atom. The van der Waals surface area contributed by atoms with Crippen molar-refractivity contribution < 1.29 is 29.5 Å². The summed E-state index contributed by atoms with van der Waals surface area (Å²) in [6.07, 6.45) is 2.78. The minimum Gasteiger partial charge on any atom is -0.391 e. The number of hydrogen-bond acceptors (Lipinski definition) is 6. The standard InChI is InChI=1S/C11H22O4.C3H8O2/c1-5-6-7-9-11(8-12,13-4)15-10(2,3)14-9;1-3(2,4)5/h9,12H,5-8H2,1-4H3;4-5H,1-2H3/t9-,11-;/m0./s1. The third-order valence-corrected chi connectivity index (χ3v) is 2.72. The zero-order chi connectivity index (χ0) is 16.0. The molecule has 0 unspecified atom stereocenters. The van der Waals surface area contributed by atoms with Crippen molar-refractivity contribution in [3.8, 4) is 0 Å². The molecule has 20 heavy (non-hydrogen) atoms. The molecule has 0 radical (unpaired) electrons. The van der Waals surface area contributed by atoms with E-state index < -0.39 is 17.4 Å². The molecule has 0 aromatic heterocycles. The lowest BCUT2D eigenvalue weighted by Crippen LogP contribution is -2.45. The molecule has 1 rings (SSSR count). The second-order valence-electron chi connectivity index (χ2n) is 5.92. The molecule has 1 aliphatic heterocycles. The Morgan fingerprint density at radius 1 is 1.25 bits per heavy atom. The van der Waals surface area contributed by atoms with Gasteiger partial charge in [-0.25, -0.2) is 0 Å². The van der Waals surface area contributed by atoms with Crippen LogP contribution in [-0.4, -0.2) is 52.5 Å². The molecule has 122 valence electrons. The van der Waals surface area contributed by atoms with E-state index in [4.69, 9.17) is 24.4 Å². The predicted molar refractivity (Wildman–Crippen MR) is 74.9 cm³/mol. The first kappa shape index (κ1) is 19.8. The maximum atomic E-state index is 9.39. The summed E-state index contributed by atoms with van der Waals surface area (Å²) in [6, 6.07) is 0. The molecular formula is C14H30O6. The Balaban J connectivity index is 0.000000621. The fraction of sp³-hybridized carbons (Fsp3) is 1.00. The molecule has 6 nitrogen and oxygen atoms in total. The van der Waals surface area contributed by atoms with Crippen LogP contribution in [-0.2, 0) is 14.2 Å². The van der Waals surface area contributed by atoms with E-state index in [9.17, 15) is 5.11 Å². The van der Waals surface area contributed by atoms with Gasteiger partial charge in [-0.15, -0.1) is 0 Å². The summed E-state index contributed by atoms with van der Waals surface area (Å²) in [6.45, 7) is 8.21. The van der Waals surface area contributed by atoms with E-state index in [2.05, 4.69) is 6.92 Å². The van der Waals surface area contributed by atoms with Gasteiger partial charge < -0.3 is 29.5 Å². The van der Waals surface area contributed by atoms with Gasteiger partial charge in [0.15, 0.2) is 11.6 Å². The third kappa shape index (κ3) is 6.97. The first-order valence-electron chi connectivity index (χ1n) is 6.98. The van der Waals surface area contributed by atoms with Crippen LogP contribution in [0.1, 0.15) is 53.9 Å². The summed E-state index contributed by atoms with van der Waals surface area (Å²) >= 11 is 0. The second-order valence-corrected chi connectivity index (χ2v) is 5.92. The van der Waals surface area contributed by atoms with Crippen LogP contribution < -0.4 is 0 Å². The van der Waals surface area contributed by atoms with Crippen LogP contribution in [0, 0.1) is 0 Å². The van der Waals surface area contributed by atoms with Crippen LogP contribution >= 0.6 is 0 Å². The van der Waals surface area contributed by atoms with Crippen molar-refractivity contribution in [3.05, 3.63) is 0 Å². The van der Waals surface area contributed by atoms with Crippen molar-refractivity contribution in [3.63, 3.8) is 0 Å². The average molecular weight is 294 g/mol. The molecule has 6 heteroatoms. The summed E-state index contributed by atoms with van der Waals surface area (Å²) in [5.74, 6) is -3.17. The Morgan fingerprint density at radius 3 is 2.10 bits per heavy atom. The van der Waals surface area contributed by atoms with E-state index in [0.717, 1.165) is 19.3 Å². The van der Waals surface area contributed by atoms with Gasteiger partial charge in [0.1, 0.15) is 6.10 Å². The second kappa shape index (κ2) is 7.68. The molecule has 0 amide bonds. The highest BCUT2D eigenvalue weighted by molar-refractivity contribution is 4.88. The van der Waals surface area contributed by atoms with Crippen molar-refractivity contribution >= 4 is 0 Å². The van der Waals surface area contributed by atoms with Gasteiger partial charge >= 0.3 is 0 Å². The van der Waals surface area contributed by atoms with Gasteiger partial charge in [0.25, 0.3) is 0 Å². The monoisotopic (exact) mass is 294 g/mol. The Labute approximate surface area is 121 Å². The van der Waals surface area contributed by atoms with E-state index in [1.54, 1.807) is 7.11 Å². The zero-order valence-electron chi connectivity index (χ0n) is 13.5. The van der Waals surface area contributed by atoms with Gasteiger partial charge in [0.2, 0.25) is 5.79 Å². The topological polar surface area (TPSA) is 88.4 Å². The fourth-order valence-corrected chi connectivity index (χ4v) is 1.98. The number of aliphatic hydroxyl groups excluding tert-OH is 1. The number of aliphatic hydroxyl groups is 3. The van der Waals surface area contributed by atoms with Gasteiger partial charge in [-0.05, 0) is 34.1 Å². The number of ether oxygens (including phenoxy) is 3. The first-order chi connectivity index (χ1) is 8.99. The van der Waals surface area contributed by atoms with Crippen molar-refractivity contribution in [1.82, 2.24) is 0 Å². The number of methoxy groups -OCH3 is 1. The SMILES string of the molecule is CC(C)(O)O.CCCC[C@@H]1OC(C)(C)O[C@]1(CO)OC. The highest BCUT2D eigenvalue weighted by atomic mass is 16.8. The summed E-state index contributed by atoms with van der Waals surface area (Å²) in [5, 5.41) is 25.5. The lowest BCUT2D eigenvalue weighted by Gasteiger charge is -2.29. The highest BCUT2D eigenvalue weighted by Gasteiger charge is 2.53. The van der Waals surface area contributed by atoms with E-state index in [1.165, 1.54) is 13.8 Å². The van der Waals surface area contributed by atoms with E-state index >= 15 is 0 Å². The van der Waals surface area contributed by atoms with Crippen LogP contribution in [0.3, 0.4) is 0 Å². The minimum absolute atomic E-state index is 0.179. The quantitative estimate of drug-likeness (QED) is 0.664. The van der Waals surface area contributed by atoms with E-state index in [-0.39, 0.29) is 12.7 Å². The normalized spacial score (nSPS) is 28.9. The lowest BCUT2D eigenvalue weighted by molar-refractivity contribution is -0.259. The molecule has 3 N–H and O–H groups in total. The van der Waals surface area contributed by atoms with E-state index in [1.807, 2.05) is 13.8 Å². The largest absolute Gasteiger partial charge is 0.391 e. The molecule has 1 aliphatic rings. The molecule has 1 fully saturated rings. The molecule has 0 aliphatic carbocycles. The molecule has 0 aromatic rings. The molecule has 2 atom stereocenters. The Bertz CT molecular complexity index is 261. The number of rotatable bonds is 5. The summed E-state index contributed by atoms with van der Waals surface area (Å²) in [4.78, 5) is 0. The molecule has 0 saturated carbocycles. The van der Waals surface area contributed by atoms with Gasteiger partial charge in [0, 0.05) is 7.11 Å². The first-order valence-corrected chi connectivity index (χ1v) is 6.98. The van der Waals surface area contributed by atoms with Crippen LogP contribution in [0.2, 0.25) is 0 Å². The van der Waals surface area contributed by atoms with Gasteiger partial charge in [0.05, 0.1) is 6.61 Å². The smallest absolute Gasteiger partial charge is 0.221 e. The van der Waals surface area contributed by atoms with Gasteiger partial charge in [-0.2, -0.15) is 0 Å². The average Bonchev–Trinajstić information content (AvgIpc) is 2.56. The molecule has 1 heterocycles. The van der Waals surface area contributed by atoms with Crippen molar-refractivity contribution in [2.24, 2.45) is 0 Å². The molecule has 1 saturated heterocycles. The third-order valence-electron chi connectivity index (χ3n) is 2.72. The summed E-state index contributed by atoms with van der Waals surface area (Å²) in [5.41, 5.74) is 0. The Kier molecular flexibility index (Phi) is 7.59. The fourth-order valence-electron chi connectivity index (χ4n) is 1.98. The van der Waals surface area contributed by atoms with Crippen molar-refractivity contribution in [2.45, 2.75) is 77.3 Å². The highest BCUT2D eigenvalue weighted by Crippen LogP contribution is 2.38. The number of hydrogen-bond donors (Lipinski definition) is 3. The predicted octanol–water partition coefficient (Wildman–Crippen LogP) is 1.37. The van der Waals surface area contributed by atoms with E-state index in [0.29, 0.717) is 0 Å². The maximum absolute atomic E-state index is 9.39. The number of unbranched alkanes of at least 4 members (excludes halogenated alkanes) is 1. The molecule has 0 aromatic carbocycles. The Hall–Kier alpha value is -0.240.